The Morgan fingerprint density at radius 2 is 1.58 bits per heavy atom. The summed E-state index contributed by atoms with van der Waals surface area (Å²) in [4.78, 5) is 11.0. The van der Waals surface area contributed by atoms with E-state index in [1.54, 1.807) is 0 Å². The van der Waals surface area contributed by atoms with Crippen LogP contribution in [0.1, 0.15) is 87.7 Å². The molecule has 186 valence electrons. The highest BCUT2D eigenvalue weighted by atomic mass is 16.5. The molecule has 8 rings (SSSR count). The molecule has 4 heteroatoms. The van der Waals surface area contributed by atoms with Crippen molar-refractivity contribution in [3.63, 3.8) is 0 Å². The molecule has 4 nitrogen and oxygen atoms in total. The van der Waals surface area contributed by atoms with E-state index in [1.807, 2.05) is 0 Å². The maximum atomic E-state index is 7.23. The standard InChI is InChI=1S/C32H37N3O/c1-3-11-21(12-4-1)32-33-24-15-9-20-29-30(24)35(32)28-19-10-18-27(31(28)36-29)34-25-16-6-2-5-13-22(25)23-14-7-8-17-26(23)34/h1,3-4,7,11-12,14,22,24-25,27-31H,2,5-6,9-10,13,15-16,18-20H2. The van der Waals surface area contributed by atoms with Gasteiger partial charge in [-0.3, -0.25) is 4.99 Å². The summed E-state index contributed by atoms with van der Waals surface area (Å²) in [6, 6.07) is 24.6. The van der Waals surface area contributed by atoms with Crippen LogP contribution in [-0.2, 0) is 4.74 Å². The molecule has 0 aromatic heterocycles. The Bertz CT molecular complexity index is 1150. The number of ether oxygens (including phenoxy) is 1. The molecule has 4 fully saturated rings. The van der Waals surface area contributed by atoms with Gasteiger partial charge in [-0.2, -0.15) is 0 Å². The zero-order valence-corrected chi connectivity index (χ0v) is 21.2. The molecule has 1 saturated heterocycles. The highest BCUT2D eigenvalue weighted by Gasteiger charge is 2.57. The fourth-order valence-corrected chi connectivity index (χ4v) is 8.89. The first kappa shape index (κ1) is 21.6. The zero-order chi connectivity index (χ0) is 23.6. The molecule has 6 aliphatic rings. The first-order valence-corrected chi connectivity index (χ1v) is 14.7. The number of anilines is 1. The van der Waals surface area contributed by atoms with Gasteiger partial charge >= 0.3 is 0 Å². The van der Waals surface area contributed by atoms with Crippen LogP contribution in [0.5, 0.6) is 0 Å². The van der Waals surface area contributed by atoms with Crippen LogP contribution in [0.25, 0.3) is 0 Å². The summed E-state index contributed by atoms with van der Waals surface area (Å²) in [5, 5.41) is 0. The SMILES string of the molecule is c1ccc2c(c#1)N(C1CCCC3C1OC1CCCC4N=C(c5ccccc5)N3C41)C1CCCCCC21. The van der Waals surface area contributed by atoms with Crippen molar-refractivity contribution in [2.45, 2.75) is 119 Å². The molecular formula is C32H37N3O. The largest absolute Gasteiger partial charge is 0.368 e. The number of rotatable bonds is 2. The fourth-order valence-electron chi connectivity index (χ4n) is 8.89. The third-order valence-electron chi connectivity index (χ3n) is 10.3. The predicted molar refractivity (Wildman–Crippen MR) is 143 cm³/mol. The third-order valence-corrected chi connectivity index (χ3v) is 10.3. The highest BCUT2D eigenvalue weighted by Crippen LogP contribution is 2.51. The smallest absolute Gasteiger partial charge is 0.132 e. The van der Waals surface area contributed by atoms with Crippen molar-refractivity contribution in [3.8, 4) is 0 Å². The van der Waals surface area contributed by atoms with Crippen LogP contribution in [-0.4, -0.2) is 53.2 Å². The monoisotopic (exact) mass is 479 g/mol. The van der Waals surface area contributed by atoms with E-state index >= 15 is 0 Å². The topological polar surface area (TPSA) is 28.1 Å². The van der Waals surface area contributed by atoms with Gasteiger partial charge in [0.1, 0.15) is 5.84 Å². The summed E-state index contributed by atoms with van der Waals surface area (Å²) in [6.45, 7) is 0. The number of aliphatic imine (C=N–C) groups is 1. The van der Waals surface area contributed by atoms with E-state index in [2.05, 4.69) is 64.4 Å². The summed E-state index contributed by atoms with van der Waals surface area (Å²) in [7, 11) is 0. The van der Waals surface area contributed by atoms with Gasteiger partial charge in [-0.05, 0) is 75.1 Å². The number of morpholine rings is 1. The molecular weight excluding hydrogens is 442 g/mol. The summed E-state index contributed by atoms with van der Waals surface area (Å²) in [6.07, 6.45) is 14.5. The normalized spacial score (nSPS) is 38.7. The van der Waals surface area contributed by atoms with Crippen LogP contribution < -0.4 is 4.90 Å². The Morgan fingerprint density at radius 1 is 0.778 bits per heavy atom. The van der Waals surface area contributed by atoms with Crippen molar-refractivity contribution in [2.24, 2.45) is 4.99 Å². The zero-order valence-electron chi connectivity index (χ0n) is 21.2. The maximum Gasteiger partial charge on any atom is 0.132 e. The van der Waals surface area contributed by atoms with Gasteiger partial charge < -0.3 is 14.5 Å². The lowest BCUT2D eigenvalue weighted by Crippen LogP contribution is -2.69. The summed E-state index contributed by atoms with van der Waals surface area (Å²) in [5.41, 5.74) is 4.15. The van der Waals surface area contributed by atoms with Crippen LogP contribution in [0.2, 0.25) is 0 Å². The average Bonchev–Trinajstić information content (AvgIpc) is 3.36. The molecule has 3 heterocycles. The number of benzene rings is 1. The molecule has 0 bridgehead atoms. The van der Waals surface area contributed by atoms with Crippen molar-refractivity contribution < 1.29 is 4.74 Å². The van der Waals surface area contributed by atoms with Crippen LogP contribution in [0.3, 0.4) is 0 Å². The number of fused-ring (bicyclic) bond motifs is 5. The second-order valence-corrected chi connectivity index (χ2v) is 12.0. The quantitative estimate of drug-likeness (QED) is 0.537. The van der Waals surface area contributed by atoms with Gasteiger partial charge in [0.05, 0.1) is 42.1 Å². The van der Waals surface area contributed by atoms with Gasteiger partial charge in [-0.15, -0.1) is 0 Å². The lowest BCUT2D eigenvalue weighted by Gasteiger charge is -2.56. The van der Waals surface area contributed by atoms with Crippen molar-refractivity contribution in [3.05, 3.63) is 65.7 Å². The summed E-state index contributed by atoms with van der Waals surface area (Å²) >= 11 is 0. The minimum atomic E-state index is 0.231. The average molecular weight is 480 g/mol. The lowest BCUT2D eigenvalue weighted by molar-refractivity contribution is -0.158. The van der Waals surface area contributed by atoms with Gasteiger partial charge in [-0.25, -0.2) is 0 Å². The molecule has 0 N–H and O–H groups in total. The van der Waals surface area contributed by atoms with E-state index in [0.717, 1.165) is 0 Å². The molecule has 0 spiro atoms. The van der Waals surface area contributed by atoms with E-state index in [9.17, 15) is 0 Å². The predicted octanol–water partition coefficient (Wildman–Crippen LogP) is 5.90. The first-order chi connectivity index (χ1) is 17.9. The van der Waals surface area contributed by atoms with Gasteiger partial charge in [0, 0.05) is 17.5 Å². The third kappa shape index (κ3) is 3.14. The number of nitrogens with zero attached hydrogens (tertiary/aromatic N) is 3. The van der Waals surface area contributed by atoms with Crippen molar-refractivity contribution in [1.29, 1.82) is 0 Å². The molecule has 2 aromatic carbocycles. The van der Waals surface area contributed by atoms with Gasteiger partial charge in [0.15, 0.2) is 0 Å². The van der Waals surface area contributed by atoms with Gasteiger partial charge in [-0.1, -0.05) is 55.7 Å². The summed E-state index contributed by atoms with van der Waals surface area (Å²) < 4.78 is 7.23. The van der Waals surface area contributed by atoms with E-state index < -0.39 is 0 Å². The lowest BCUT2D eigenvalue weighted by atomic mass is 9.78. The van der Waals surface area contributed by atoms with E-state index in [0.29, 0.717) is 42.2 Å². The van der Waals surface area contributed by atoms with Crippen LogP contribution in [0.4, 0.5) is 5.69 Å². The Morgan fingerprint density at radius 3 is 2.50 bits per heavy atom. The Kier molecular flexibility index (Phi) is 5.10. The first-order valence-electron chi connectivity index (χ1n) is 14.7. The second-order valence-electron chi connectivity index (χ2n) is 12.0. The molecule has 3 aliphatic heterocycles. The Balaban J connectivity index is 1.19. The van der Waals surface area contributed by atoms with Gasteiger partial charge in [0.25, 0.3) is 0 Å². The molecule has 3 saturated carbocycles. The van der Waals surface area contributed by atoms with Crippen molar-refractivity contribution in [1.82, 2.24) is 4.90 Å². The van der Waals surface area contributed by atoms with E-state index in [-0.39, 0.29) is 6.10 Å². The van der Waals surface area contributed by atoms with Crippen LogP contribution >= 0.6 is 0 Å². The number of hydrogen-bond acceptors (Lipinski definition) is 4. The molecule has 8 unspecified atom stereocenters. The Hall–Kier alpha value is -2.51. The second kappa shape index (κ2) is 8.52. The fraction of sp³-hybridized carbons (Fsp3) is 0.594. The molecule has 2 aromatic rings. The number of hydrogen-bond donors (Lipinski definition) is 0. The molecule has 0 radical (unpaired) electrons. The Labute approximate surface area is 215 Å². The van der Waals surface area contributed by atoms with Crippen molar-refractivity contribution >= 4 is 11.5 Å². The highest BCUT2D eigenvalue weighted by molar-refractivity contribution is 6.00. The van der Waals surface area contributed by atoms with E-state index in [4.69, 9.17) is 9.73 Å². The molecule has 3 aliphatic carbocycles. The molecule has 8 atom stereocenters. The minimum Gasteiger partial charge on any atom is -0.368 e. The van der Waals surface area contributed by atoms with Gasteiger partial charge in [0.2, 0.25) is 0 Å². The van der Waals surface area contributed by atoms with Crippen LogP contribution in [0.15, 0.2) is 47.5 Å². The summed E-state index contributed by atoms with van der Waals surface area (Å²) in [5.74, 6) is 1.89. The van der Waals surface area contributed by atoms with E-state index in [1.165, 1.54) is 93.3 Å². The maximum absolute atomic E-state index is 7.23. The minimum absolute atomic E-state index is 0.231. The number of amidine groups is 1. The van der Waals surface area contributed by atoms with Crippen LogP contribution in [0, 0.1) is 12.1 Å². The molecule has 0 amide bonds. The van der Waals surface area contributed by atoms with Crippen molar-refractivity contribution in [2.75, 3.05) is 4.90 Å². The molecule has 36 heavy (non-hydrogen) atoms.